The highest BCUT2D eigenvalue weighted by Gasteiger charge is 2.33. The smallest absolute Gasteiger partial charge is 0.231 e. The van der Waals surface area contributed by atoms with Crippen molar-refractivity contribution >= 4 is 0 Å². The molecule has 0 aromatic heterocycles. The third kappa shape index (κ3) is 3.74. The molecule has 2 aromatic rings. The summed E-state index contributed by atoms with van der Waals surface area (Å²) in [6.07, 6.45) is 0.568. The van der Waals surface area contributed by atoms with Crippen LogP contribution in [0.2, 0.25) is 0 Å². The van der Waals surface area contributed by atoms with E-state index in [1.807, 2.05) is 42.5 Å². The highest BCUT2D eigenvalue weighted by molar-refractivity contribution is 5.49. The van der Waals surface area contributed by atoms with E-state index in [2.05, 4.69) is 4.90 Å². The molecule has 1 atom stereocenters. The first-order valence-electron chi connectivity index (χ1n) is 9.26. The molecular formula is C21H25NO5. The van der Waals surface area contributed by atoms with Crippen LogP contribution in [0.5, 0.6) is 17.2 Å². The number of methoxy groups -OCH3 is 1. The third-order valence-electron chi connectivity index (χ3n) is 5.31. The fourth-order valence-electron chi connectivity index (χ4n) is 3.62. The molecule has 0 radical (unpaired) electrons. The molecule has 4 rings (SSSR count). The van der Waals surface area contributed by atoms with Crippen molar-refractivity contribution in [3.63, 3.8) is 0 Å². The van der Waals surface area contributed by atoms with Crippen LogP contribution in [0, 0.1) is 0 Å². The van der Waals surface area contributed by atoms with E-state index in [1.165, 1.54) is 0 Å². The molecule has 2 aliphatic heterocycles. The Labute approximate surface area is 159 Å². The highest BCUT2D eigenvalue weighted by atomic mass is 16.7. The standard InChI is InChI=1S/C21H25NO5/c1-24-18-5-2-16(3-6-18)21(23,8-9-22-10-12-25-13-11-22)17-4-7-19-20(14-17)27-15-26-19/h2-7,14,23H,8-13,15H2,1H3/t21-/m1/s1. The molecule has 1 fully saturated rings. The summed E-state index contributed by atoms with van der Waals surface area (Å²) in [5.74, 6) is 2.15. The summed E-state index contributed by atoms with van der Waals surface area (Å²) in [5.41, 5.74) is 0.492. The van der Waals surface area contributed by atoms with Crippen LogP contribution in [-0.4, -0.2) is 56.8 Å². The van der Waals surface area contributed by atoms with Gasteiger partial charge in [0.25, 0.3) is 0 Å². The van der Waals surface area contributed by atoms with Gasteiger partial charge < -0.3 is 24.1 Å². The second-order valence-corrected chi connectivity index (χ2v) is 6.86. The first-order chi connectivity index (χ1) is 13.2. The molecule has 1 N–H and O–H groups in total. The zero-order chi connectivity index (χ0) is 18.7. The molecule has 27 heavy (non-hydrogen) atoms. The van der Waals surface area contributed by atoms with Crippen molar-refractivity contribution in [2.45, 2.75) is 12.0 Å². The number of nitrogens with zero attached hydrogens (tertiary/aromatic N) is 1. The van der Waals surface area contributed by atoms with Crippen molar-refractivity contribution in [1.29, 1.82) is 0 Å². The summed E-state index contributed by atoms with van der Waals surface area (Å²) in [7, 11) is 1.64. The predicted octanol–water partition coefficient (Wildman–Crippen LogP) is 2.38. The summed E-state index contributed by atoms with van der Waals surface area (Å²) < 4.78 is 21.6. The molecule has 6 nitrogen and oxygen atoms in total. The van der Waals surface area contributed by atoms with E-state index in [1.54, 1.807) is 7.11 Å². The van der Waals surface area contributed by atoms with Gasteiger partial charge in [0, 0.05) is 19.6 Å². The summed E-state index contributed by atoms with van der Waals surface area (Å²) in [6, 6.07) is 13.2. The van der Waals surface area contributed by atoms with Gasteiger partial charge in [0.15, 0.2) is 11.5 Å². The van der Waals surface area contributed by atoms with Crippen LogP contribution in [0.4, 0.5) is 0 Å². The van der Waals surface area contributed by atoms with Gasteiger partial charge in [-0.15, -0.1) is 0 Å². The fourth-order valence-corrected chi connectivity index (χ4v) is 3.62. The van der Waals surface area contributed by atoms with E-state index >= 15 is 0 Å². The first kappa shape index (κ1) is 18.1. The van der Waals surface area contributed by atoms with Crippen LogP contribution < -0.4 is 14.2 Å². The topological polar surface area (TPSA) is 60.4 Å². The quantitative estimate of drug-likeness (QED) is 0.841. The maximum absolute atomic E-state index is 11.8. The molecule has 0 amide bonds. The minimum atomic E-state index is -1.13. The summed E-state index contributed by atoms with van der Waals surface area (Å²) in [6.45, 7) is 4.25. The third-order valence-corrected chi connectivity index (χ3v) is 5.31. The summed E-state index contributed by atoms with van der Waals surface area (Å²) in [4.78, 5) is 2.32. The molecule has 2 aromatic carbocycles. The Morgan fingerprint density at radius 3 is 2.44 bits per heavy atom. The molecule has 0 aliphatic carbocycles. The van der Waals surface area contributed by atoms with E-state index in [-0.39, 0.29) is 6.79 Å². The van der Waals surface area contributed by atoms with Gasteiger partial charge in [-0.1, -0.05) is 18.2 Å². The molecule has 2 aliphatic rings. The molecule has 0 spiro atoms. The Kier molecular flexibility index (Phi) is 5.20. The van der Waals surface area contributed by atoms with Gasteiger partial charge in [0.1, 0.15) is 11.4 Å². The maximum atomic E-state index is 11.8. The normalized spacial score (nSPS) is 18.9. The molecule has 0 unspecified atom stereocenters. The van der Waals surface area contributed by atoms with E-state index in [9.17, 15) is 5.11 Å². The van der Waals surface area contributed by atoms with Crippen LogP contribution in [0.15, 0.2) is 42.5 Å². The van der Waals surface area contributed by atoms with Gasteiger partial charge in [-0.05, 0) is 41.8 Å². The Morgan fingerprint density at radius 2 is 1.70 bits per heavy atom. The van der Waals surface area contributed by atoms with Gasteiger partial charge in [0.2, 0.25) is 6.79 Å². The van der Waals surface area contributed by atoms with Crippen LogP contribution in [-0.2, 0) is 10.3 Å². The predicted molar refractivity (Wildman–Crippen MR) is 100 cm³/mol. The van der Waals surface area contributed by atoms with E-state index in [0.29, 0.717) is 17.9 Å². The van der Waals surface area contributed by atoms with Gasteiger partial charge in [-0.3, -0.25) is 4.90 Å². The Balaban J connectivity index is 1.64. The number of benzene rings is 2. The van der Waals surface area contributed by atoms with Crippen molar-refractivity contribution in [3.8, 4) is 17.2 Å². The van der Waals surface area contributed by atoms with Gasteiger partial charge >= 0.3 is 0 Å². The molecule has 0 saturated carbocycles. The molecular weight excluding hydrogens is 346 g/mol. The Morgan fingerprint density at radius 1 is 1.00 bits per heavy atom. The fraction of sp³-hybridized carbons (Fsp3) is 0.429. The second kappa shape index (κ2) is 7.76. The zero-order valence-electron chi connectivity index (χ0n) is 15.5. The number of ether oxygens (including phenoxy) is 4. The van der Waals surface area contributed by atoms with Crippen molar-refractivity contribution in [1.82, 2.24) is 4.90 Å². The minimum absolute atomic E-state index is 0.216. The Bertz CT molecular complexity index is 773. The van der Waals surface area contributed by atoms with E-state index < -0.39 is 5.60 Å². The van der Waals surface area contributed by atoms with Crippen LogP contribution >= 0.6 is 0 Å². The number of rotatable bonds is 6. The molecule has 6 heteroatoms. The number of hydrogen-bond acceptors (Lipinski definition) is 6. The average molecular weight is 371 g/mol. The summed E-state index contributed by atoms with van der Waals surface area (Å²) in [5, 5.41) is 11.8. The second-order valence-electron chi connectivity index (χ2n) is 6.86. The lowest BCUT2D eigenvalue weighted by molar-refractivity contribution is 0.0143. The Hall–Kier alpha value is -2.28. The first-order valence-corrected chi connectivity index (χ1v) is 9.26. The molecule has 2 heterocycles. The number of fused-ring (bicyclic) bond motifs is 1. The lowest BCUT2D eigenvalue weighted by Crippen LogP contribution is -2.40. The van der Waals surface area contributed by atoms with Crippen LogP contribution in [0.3, 0.4) is 0 Å². The molecule has 144 valence electrons. The molecule has 1 saturated heterocycles. The van der Waals surface area contributed by atoms with Crippen LogP contribution in [0.25, 0.3) is 0 Å². The van der Waals surface area contributed by atoms with Gasteiger partial charge in [-0.2, -0.15) is 0 Å². The van der Waals surface area contributed by atoms with Crippen molar-refractivity contribution in [2.75, 3.05) is 46.8 Å². The lowest BCUT2D eigenvalue weighted by atomic mass is 9.83. The van der Waals surface area contributed by atoms with Crippen molar-refractivity contribution in [2.24, 2.45) is 0 Å². The van der Waals surface area contributed by atoms with Crippen molar-refractivity contribution in [3.05, 3.63) is 53.6 Å². The van der Waals surface area contributed by atoms with Gasteiger partial charge in [-0.25, -0.2) is 0 Å². The average Bonchev–Trinajstić information content (AvgIpc) is 3.21. The SMILES string of the molecule is COc1ccc([C@](O)(CCN2CCOCC2)c2ccc3c(c2)OCO3)cc1. The lowest BCUT2D eigenvalue weighted by Gasteiger charge is -2.34. The van der Waals surface area contributed by atoms with E-state index in [4.69, 9.17) is 18.9 Å². The zero-order valence-corrected chi connectivity index (χ0v) is 15.5. The van der Waals surface area contributed by atoms with E-state index in [0.717, 1.165) is 49.7 Å². The highest BCUT2D eigenvalue weighted by Crippen LogP contribution is 2.40. The monoisotopic (exact) mass is 371 g/mol. The maximum Gasteiger partial charge on any atom is 0.231 e. The number of hydrogen-bond donors (Lipinski definition) is 1. The largest absolute Gasteiger partial charge is 0.497 e. The van der Waals surface area contributed by atoms with Gasteiger partial charge in [0.05, 0.1) is 20.3 Å². The summed E-state index contributed by atoms with van der Waals surface area (Å²) >= 11 is 0. The number of aliphatic hydroxyl groups is 1. The number of morpholine rings is 1. The van der Waals surface area contributed by atoms with Crippen molar-refractivity contribution < 1.29 is 24.1 Å². The molecule has 0 bridgehead atoms. The van der Waals surface area contributed by atoms with Crippen LogP contribution in [0.1, 0.15) is 17.5 Å². The minimum Gasteiger partial charge on any atom is -0.497 e.